The molecule has 1 saturated carbocycles. The largest absolute Gasteiger partial charge is 0.382 e. The first-order valence-electron chi connectivity index (χ1n) is 5.84. The molecule has 0 heterocycles. The van der Waals surface area contributed by atoms with Gasteiger partial charge in [0.1, 0.15) is 0 Å². The van der Waals surface area contributed by atoms with Gasteiger partial charge in [0, 0.05) is 31.5 Å². The van der Waals surface area contributed by atoms with Crippen LogP contribution >= 0.6 is 0 Å². The molecule has 0 radical (unpaired) electrons. The molecule has 0 aromatic heterocycles. The Hall–Kier alpha value is -1.55. The van der Waals surface area contributed by atoms with Gasteiger partial charge in [-0.25, -0.2) is 0 Å². The van der Waals surface area contributed by atoms with E-state index in [1.54, 1.807) is 14.2 Å². The SMILES string of the molecule is CNC(=O)c1ccc(NC2CC(OC)C2)cc1. The van der Waals surface area contributed by atoms with Crippen LogP contribution in [-0.4, -0.2) is 32.2 Å². The van der Waals surface area contributed by atoms with Crippen molar-refractivity contribution in [3.8, 4) is 0 Å². The fraction of sp³-hybridized carbons (Fsp3) is 0.462. The number of amides is 1. The van der Waals surface area contributed by atoms with Crippen LogP contribution in [0.25, 0.3) is 0 Å². The maximum Gasteiger partial charge on any atom is 0.251 e. The molecule has 0 bridgehead atoms. The normalized spacial score (nSPS) is 22.7. The molecule has 92 valence electrons. The maximum absolute atomic E-state index is 11.3. The monoisotopic (exact) mass is 234 g/mol. The third-order valence-corrected chi connectivity index (χ3v) is 3.17. The number of carbonyl (C=O) groups excluding carboxylic acids is 1. The highest BCUT2D eigenvalue weighted by Gasteiger charge is 2.28. The van der Waals surface area contributed by atoms with Gasteiger partial charge in [0.25, 0.3) is 5.91 Å². The summed E-state index contributed by atoms with van der Waals surface area (Å²) in [7, 11) is 3.38. The van der Waals surface area contributed by atoms with Crippen molar-refractivity contribution in [2.24, 2.45) is 0 Å². The second-order valence-electron chi connectivity index (χ2n) is 4.33. The van der Waals surface area contributed by atoms with Gasteiger partial charge in [-0.15, -0.1) is 0 Å². The first-order valence-corrected chi connectivity index (χ1v) is 5.84. The van der Waals surface area contributed by atoms with Crippen LogP contribution < -0.4 is 10.6 Å². The van der Waals surface area contributed by atoms with Gasteiger partial charge >= 0.3 is 0 Å². The van der Waals surface area contributed by atoms with Crippen molar-refractivity contribution >= 4 is 11.6 Å². The topological polar surface area (TPSA) is 50.4 Å². The van der Waals surface area contributed by atoms with Crippen LogP contribution in [0.3, 0.4) is 0 Å². The Morgan fingerprint density at radius 1 is 1.29 bits per heavy atom. The second kappa shape index (κ2) is 5.19. The summed E-state index contributed by atoms with van der Waals surface area (Å²) in [5, 5.41) is 6.02. The molecule has 1 aliphatic carbocycles. The van der Waals surface area contributed by atoms with Crippen LogP contribution in [0.4, 0.5) is 5.69 Å². The zero-order chi connectivity index (χ0) is 12.3. The van der Waals surface area contributed by atoms with Crippen LogP contribution in [0.15, 0.2) is 24.3 Å². The Labute approximate surface area is 101 Å². The smallest absolute Gasteiger partial charge is 0.251 e. The molecule has 1 aromatic rings. The average molecular weight is 234 g/mol. The van der Waals surface area contributed by atoms with Crippen molar-refractivity contribution in [3.63, 3.8) is 0 Å². The summed E-state index contributed by atoms with van der Waals surface area (Å²) in [4.78, 5) is 11.3. The van der Waals surface area contributed by atoms with Gasteiger partial charge in [0.15, 0.2) is 0 Å². The summed E-state index contributed by atoms with van der Waals surface area (Å²) >= 11 is 0. The Morgan fingerprint density at radius 3 is 2.47 bits per heavy atom. The molecule has 4 heteroatoms. The van der Waals surface area contributed by atoms with Crippen LogP contribution in [0.1, 0.15) is 23.2 Å². The lowest BCUT2D eigenvalue weighted by molar-refractivity contribution is 0.0329. The number of carbonyl (C=O) groups is 1. The van der Waals surface area contributed by atoms with Gasteiger partial charge in [-0.05, 0) is 37.1 Å². The van der Waals surface area contributed by atoms with Crippen molar-refractivity contribution in [1.82, 2.24) is 5.32 Å². The van der Waals surface area contributed by atoms with Gasteiger partial charge in [-0.3, -0.25) is 4.79 Å². The van der Waals surface area contributed by atoms with Gasteiger partial charge in [-0.2, -0.15) is 0 Å². The lowest BCUT2D eigenvalue weighted by atomic mass is 9.89. The number of anilines is 1. The number of methoxy groups -OCH3 is 1. The number of ether oxygens (including phenoxy) is 1. The van der Waals surface area contributed by atoms with E-state index in [4.69, 9.17) is 4.74 Å². The van der Waals surface area contributed by atoms with E-state index < -0.39 is 0 Å². The number of rotatable bonds is 4. The zero-order valence-corrected chi connectivity index (χ0v) is 10.2. The van der Waals surface area contributed by atoms with E-state index in [1.165, 1.54) is 0 Å². The standard InChI is InChI=1S/C13H18N2O2/c1-14-13(16)9-3-5-10(6-4-9)15-11-7-12(8-11)17-2/h3-6,11-12,15H,7-8H2,1-2H3,(H,14,16). The summed E-state index contributed by atoms with van der Waals surface area (Å²) in [6, 6.07) is 8.02. The maximum atomic E-state index is 11.3. The van der Waals surface area contributed by atoms with Crippen LogP contribution in [0.5, 0.6) is 0 Å². The summed E-state index contributed by atoms with van der Waals surface area (Å²) < 4.78 is 5.23. The first kappa shape index (κ1) is 11.9. The molecule has 1 aromatic carbocycles. The van der Waals surface area contributed by atoms with E-state index in [0.717, 1.165) is 18.5 Å². The zero-order valence-electron chi connectivity index (χ0n) is 10.2. The summed E-state index contributed by atoms with van der Waals surface area (Å²) in [5.41, 5.74) is 1.73. The molecular formula is C13H18N2O2. The van der Waals surface area contributed by atoms with Crippen molar-refractivity contribution < 1.29 is 9.53 Å². The van der Waals surface area contributed by atoms with Gasteiger partial charge in [0.2, 0.25) is 0 Å². The predicted octanol–water partition coefficient (Wildman–Crippen LogP) is 1.64. The Balaban J connectivity index is 1.88. The molecule has 4 nitrogen and oxygen atoms in total. The fourth-order valence-electron chi connectivity index (χ4n) is 1.97. The molecule has 0 aliphatic heterocycles. The average Bonchev–Trinajstić information content (AvgIpc) is 2.33. The fourth-order valence-corrected chi connectivity index (χ4v) is 1.97. The lowest BCUT2D eigenvalue weighted by Gasteiger charge is -2.35. The molecule has 1 fully saturated rings. The molecule has 1 aliphatic rings. The Morgan fingerprint density at radius 2 is 1.94 bits per heavy atom. The van der Waals surface area contributed by atoms with Crippen LogP contribution in [0, 0.1) is 0 Å². The van der Waals surface area contributed by atoms with Gasteiger partial charge in [-0.1, -0.05) is 0 Å². The number of hydrogen-bond donors (Lipinski definition) is 2. The lowest BCUT2D eigenvalue weighted by Crippen LogP contribution is -2.40. The molecule has 17 heavy (non-hydrogen) atoms. The minimum Gasteiger partial charge on any atom is -0.382 e. The third kappa shape index (κ3) is 2.77. The first-order chi connectivity index (χ1) is 8.22. The van der Waals surface area contributed by atoms with Crippen molar-refractivity contribution in [2.45, 2.75) is 25.0 Å². The van der Waals surface area contributed by atoms with Crippen molar-refractivity contribution in [2.75, 3.05) is 19.5 Å². The molecule has 0 atom stereocenters. The van der Waals surface area contributed by atoms with E-state index >= 15 is 0 Å². The van der Waals surface area contributed by atoms with Gasteiger partial charge in [0.05, 0.1) is 6.10 Å². The van der Waals surface area contributed by atoms with E-state index in [1.807, 2.05) is 24.3 Å². The molecule has 0 spiro atoms. The molecule has 0 saturated heterocycles. The predicted molar refractivity (Wildman–Crippen MR) is 67.3 cm³/mol. The summed E-state index contributed by atoms with van der Waals surface area (Å²) in [6.45, 7) is 0. The Kier molecular flexibility index (Phi) is 3.64. The van der Waals surface area contributed by atoms with E-state index in [2.05, 4.69) is 10.6 Å². The number of benzene rings is 1. The minimum absolute atomic E-state index is 0.0559. The molecule has 1 amide bonds. The highest BCUT2D eigenvalue weighted by Crippen LogP contribution is 2.26. The van der Waals surface area contributed by atoms with Gasteiger partial charge < -0.3 is 15.4 Å². The van der Waals surface area contributed by atoms with Crippen LogP contribution in [-0.2, 0) is 4.74 Å². The van der Waals surface area contributed by atoms with E-state index in [9.17, 15) is 4.79 Å². The molecule has 0 unspecified atom stereocenters. The van der Waals surface area contributed by atoms with Crippen LogP contribution in [0.2, 0.25) is 0 Å². The minimum atomic E-state index is -0.0559. The number of nitrogens with one attached hydrogen (secondary N) is 2. The quantitative estimate of drug-likeness (QED) is 0.832. The van der Waals surface area contributed by atoms with Crippen molar-refractivity contribution in [1.29, 1.82) is 0 Å². The Bertz CT molecular complexity index is 383. The third-order valence-electron chi connectivity index (χ3n) is 3.17. The highest BCUT2D eigenvalue weighted by molar-refractivity contribution is 5.94. The molecule has 2 rings (SSSR count). The van der Waals surface area contributed by atoms with E-state index in [0.29, 0.717) is 17.7 Å². The second-order valence-corrected chi connectivity index (χ2v) is 4.33. The summed E-state index contributed by atoms with van der Waals surface area (Å²) in [5.74, 6) is -0.0559. The highest BCUT2D eigenvalue weighted by atomic mass is 16.5. The van der Waals surface area contributed by atoms with Crippen molar-refractivity contribution in [3.05, 3.63) is 29.8 Å². The molecular weight excluding hydrogens is 216 g/mol. The number of hydrogen-bond acceptors (Lipinski definition) is 3. The van der Waals surface area contributed by atoms with E-state index in [-0.39, 0.29) is 5.91 Å². The molecule has 2 N–H and O–H groups in total. The summed E-state index contributed by atoms with van der Waals surface area (Å²) in [6.07, 6.45) is 2.50.